The van der Waals surface area contributed by atoms with Crippen LogP contribution < -0.4 is 4.74 Å². The van der Waals surface area contributed by atoms with E-state index < -0.39 is 0 Å². The SMILES string of the molecule is COc1nc(-c2ccnc(Cl)c2Cl)ccc1C=O. The Morgan fingerprint density at radius 3 is 2.72 bits per heavy atom. The molecule has 0 radical (unpaired) electrons. The fourth-order valence-electron chi connectivity index (χ4n) is 1.47. The number of carbonyl (C=O) groups is 1. The molecule has 6 heteroatoms. The molecule has 0 aromatic carbocycles. The summed E-state index contributed by atoms with van der Waals surface area (Å²) >= 11 is 11.9. The minimum atomic E-state index is 0.203. The molecule has 0 bridgehead atoms. The van der Waals surface area contributed by atoms with Crippen LogP contribution >= 0.6 is 23.2 Å². The number of aromatic nitrogens is 2. The van der Waals surface area contributed by atoms with Crippen LogP contribution in [0.5, 0.6) is 5.88 Å². The summed E-state index contributed by atoms with van der Waals surface area (Å²) in [5, 5.41) is 0.516. The Morgan fingerprint density at radius 2 is 2.06 bits per heavy atom. The van der Waals surface area contributed by atoms with Gasteiger partial charge in [0.2, 0.25) is 5.88 Å². The molecule has 0 saturated carbocycles. The van der Waals surface area contributed by atoms with Gasteiger partial charge in [-0.05, 0) is 18.2 Å². The van der Waals surface area contributed by atoms with Crippen LogP contribution in [0.3, 0.4) is 0 Å². The fourth-order valence-corrected chi connectivity index (χ4v) is 1.84. The normalized spacial score (nSPS) is 10.2. The maximum atomic E-state index is 10.8. The van der Waals surface area contributed by atoms with Crippen molar-refractivity contribution in [2.75, 3.05) is 7.11 Å². The molecule has 0 aliphatic rings. The fraction of sp³-hybridized carbons (Fsp3) is 0.0833. The van der Waals surface area contributed by atoms with E-state index in [1.807, 2.05) is 0 Å². The van der Waals surface area contributed by atoms with Gasteiger partial charge in [-0.25, -0.2) is 9.97 Å². The number of ether oxygens (including phenoxy) is 1. The largest absolute Gasteiger partial charge is 0.480 e. The van der Waals surface area contributed by atoms with E-state index in [2.05, 4.69) is 9.97 Å². The van der Waals surface area contributed by atoms with Crippen molar-refractivity contribution in [3.63, 3.8) is 0 Å². The molecule has 0 atom stereocenters. The molecule has 0 fully saturated rings. The van der Waals surface area contributed by atoms with Gasteiger partial charge in [0.1, 0.15) is 5.15 Å². The Hall–Kier alpha value is -1.65. The lowest BCUT2D eigenvalue weighted by molar-refractivity contribution is 0.112. The monoisotopic (exact) mass is 282 g/mol. The van der Waals surface area contributed by atoms with Gasteiger partial charge in [0, 0.05) is 11.8 Å². The van der Waals surface area contributed by atoms with Crippen molar-refractivity contribution in [3.8, 4) is 17.1 Å². The number of methoxy groups -OCH3 is 1. The van der Waals surface area contributed by atoms with E-state index in [0.29, 0.717) is 28.1 Å². The van der Waals surface area contributed by atoms with E-state index in [-0.39, 0.29) is 11.0 Å². The average molecular weight is 283 g/mol. The van der Waals surface area contributed by atoms with Gasteiger partial charge >= 0.3 is 0 Å². The Labute approximate surface area is 114 Å². The number of carbonyl (C=O) groups excluding carboxylic acids is 1. The molecule has 2 aromatic heterocycles. The zero-order valence-electron chi connectivity index (χ0n) is 9.35. The second kappa shape index (κ2) is 5.33. The standard InChI is InChI=1S/C12H8Cl2N2O2/c1-18-12-7(6-17)2-3-9(16-12)8-4-5-15-11(14)10(8)13/h2-6H,1H3. The molecular formula is C12H8Cl2N2O2. The van der Waals surface area contributed by atoms with Crippen molar-refractivity contribution in [1.82, 2.24) is 9.97 Å². The molecule has 92 valence electrons. The average Bonchev–Trinajstić information content (AvgIpc) is 2.41. The molecule has 0 unspecified atom stereocenters. The molecule has 2 heterocycles. The van der Waals surface area contributed by atoms with Crippen LogP contribution in [-0.4, -0.2) is 23.4 Å². The first kappa shape index (κ1) is 12.8. The maximum Gasteiger partial charge on any atom is 0.224 e. The highest BCUT2D eigenvalue weighted by Gasteiger charge is 2.12. The summed E-state index contributed by atoms with van der Waals surface area (Å²) in [5.74, 6) is 0.242. The highest BCUT2D eigenvalue weighted by molar-refractivity contribution is 6.42. The molecular weight excluding hydrogens is 275 g/mol. The summed E-state index contributed by atoms with van der Waals surface area (Å²) in [6.07, 6.45) is 2.21. The van der Waals surface area contributed by atoms with Crippen LogP contribution in [0.2, 0.25) is 10.2 Å². The van der Waals surface area contributed by atoms with E-state index in [1.54, 1.807) is 18.2 Å². The van der Waals surface area contributed by atoms with Crippen molar-refractivity contribution in [2.45, 2.75) is 0 Å². The predicted octanol–water partition coefficient (Wildman–Crippen LogP) is 3.27. The third kappa shape index (κ3) is 2.30. The van der Waals surface area contributed by atoms with Gasteiger partial charge in [-0.15, -0.1) is 0 Å². The topological polar surface area (TPSA) is 52.1 Å². The number of hydrogen-bond acceptors (Lipinski definition) is 4. The number of pyridine rings is 2. The summed E-state index contributed by atoms with van der Waals surface area (Å²) in [6.45, 7) is 0. The predicted molar refractivity (Wildman–Crippen MR) is 69.4 cm³/mol. The van der Waals surface area contributed by atoms with Crippen LogP contribution in [0, 0.1) is 0 Å². The van der Waals surface area contributed by atoms with Gasteiger partial charge in [-0.1, -0.05) is 23.2 Å². The first-order chi connectivity index (χ1) is 8.67. The molecule has 0 saturated heterocycles. The number of nitrogens with zero attached hydrogens (tertiary/aromatic N) is 2. The van der Waals surface area contributed by atoms with Crippen LogP contribution in [0.1, 0.15) is 10.4 Å². The zero-order valence-corrected chi connectivity index (χ0v) is 10.9. The Balaban J connectivity index is 2.58. The lowest BCUT2D eigenvalue weighted by atomic mass is 10.1. The minimum absolute atomic E-state index is 0.203. The number of aldehydes is 1. The van der Waals surface area contributed by atoms with Crippen molar-refractivity contribution >= 4 is 29.5 Å². The van der Waals surface area contributed by atoms with Crippen molar-refractivity contribution in [2.24, 2.45) is 0 Å². The van der Waals surface area contributed by atoms with E-state index in [9.17, 15) is 4.79 Å². The smallest absolute Gasteiger partial charge is 0.224 e. The van der Waals surface area contributed by atoms with Crippen molar-refractivity contribution < 1.29 is 9.53 Å². The third-order valence-electron chi connectivity index (χ3n) is 2.33. The van der Waals surface area contributed by atoms with Crippen molar-refractivity contribution in [3.05, 3.63) is 40.1 Å². The highest BCUT2D eigenvalue weighted by atomic mass is 35.5. The van der Waals surface area contributed by atoms with Gasteiger partial charge in [0.25, 0.3) is 0 Å². The lowest BCUT2D eigenvalue weighted by Crippen LogP contribution is -1.96. The summed E-state index contributed by atoms with van der Waals surface area (Å²) in [7, 11) is 1.44. The molecule has 0 amide bonds. The molecule has 18 heavy (non-hydrogen) atoms. The number of hydrogen-bond donors (Lipinski definition) is 0. The first-order valence-electron chi connectivity index (χ1n) is 4.98. The highest BCUT2D eigenvalue weighted by Crippen LogP contribution is 2.32. The summed E-state index contributed by atoms with van der Waals surface area (Å²) in [5.41, 5.74) is 1.57. The second-order valence-electron chi connectivity index (χ2n) is 3.38. The molecule has 2 rings (SSSR count). The lowest BCUT2D eigenvalue weighted by Gasteiger charge is -2.07. The van der Waals surface area contributed by atoms with Gasteiger partial charge < -0.3 is 4.74 Å². The number of rotatable bonds is 3. The molecule has 0 aliphatic carbocycles. The Kier molecular flexibility index (Phi) is 3.79. The third-order valence-corrected chi connectivity index (χ3v) is 3.10. The van der Waals surface area contributed by atoms with Gasteiger partial charge in [0.05, 0.1) is 23.4 Å². The molecule has 0 aliphatic heterocycles. The second-order valence-corrected chi connectivity index (χ2v) is 4.11. The molecule has 0 spiro atoms. The van der Waals surface area contributed by atoms with E-state index >= 15 is 0 Å². The summed E-state index contributed by atoms with van der Waals surface area (Å²) in [4.78, 5) is 18.8. The number of halogens is 2. The maximum absolute atomic E-state index is 10.8. The molecule has 4 nitrogen and oxygen atoms in total. The van der Waals surface area contributed by atoms with E-state index in [1.165, 1.54) is 13.3 Å². The zero-order chi connectivity index (χ0) is 13.1. The van der Waals surface area contributed by atoms with Gasteiger partial charge in [-0.2, -0.15) is 0 Å². The first-order valence-corrected chi connectivity index (χ1v) is 5.73. The van der Waals surface area contributed by atoms with Crippen LogP contribution in [-0.2, 0) is 0 Å². The van der Waals surface area contributed by atoms with E-state index in [0.717, 1.165) is 0 Å². The van der Waals surface area contributed by atoms with Gasteiger partial charge in [0.15, 0.2) is 6.29 Å². The van der Waals surface area contributed by atoms with Crippen LogP contribution in [0.25, 0.3) is 11.3 Å². The van der Waals surface area contributed by atoms with Gasteiger partial charge in [-0.3, -0.25) is 4.79 Å². The molecule has 0 N–H and O–H groups in total. The van der Waals surface area contributed by atoms with E-state index in [4.69, 9.17) is 27.9 Å². The van der Waals surface area contributed by atoms with Crippen LogP contribution in [0.4, 0.5) is 0 Å². The summed E-state index contributed by atoms with van der Waals surface area (Å²) in [6, 6.07) is 4.97. The van der Waals surface area contributed by atoms with Crippen molar-refractivity contribution in [1.29, 1.82) is 0 Å². The molecule has 2 aromatic rings. The summed E-state index contributed by atoms with van der Waals surface area (Å²) < 4.78 is 5.03. The Bertz CT molecular complexity index is 603. The quantitative estimate of drug-likeness (QED) is 0.640. The Morgan fingerprint density at radius 1 is 1.28 bits per heavy atom. The minimum Gasteiger partial charge on any atom is -0.480 e. The van der Waals surface area contributed by atoms with Crippen LogP contribution in [0.15, 0.2) is 24.4 Å².